The van der Waals surface area contributed by atoms with Crippen LogP contribution >= 0.6 is 0 Å². The van der Waals surface area contributed by atoms with Crippen molar-refractivity contribution in [3.05, 3.63) is 11.6 Å². The van der Waals surface area contributed by atoms with Gasteiger partial charge in [-0.2, -0.15) is 0 Å². The highest BCUT2D eigenvalue weighted by molar-refractivity contribution is 4.92. The van der Waals surface area contributed by atoms with E-state index in [2.05, 4.69) is 13.8 Å². The van der Waals surface area contributed by atoms with Crippen LogP contribution in [0, 0.1) is 0 Å². The molecule has 0 aromatic carbocycles. The van der Waals surface area contributed by atoms with Crippen molar-refractivity contribution >= 4 is 0 Å². The monoisotopic (exact) mass is 143 g/mol. The molecule has 0 heterocycles. The van der Waals surface area contributed by atoms with Crippen LogP contribution in [0.2, 0.25) is 0 Å². The summed E-state index contributed by atoms with van der Waals surface area (Å²) < 4.78 is 5.30. The second-order valence-corrected chi connectivity index (χ2v) is 2.66. The first-order chi connectivity index (χ1) is 4.66. The molecule has 0 aliphatic heterocycles. The zero-order valence-electron chi connectivity index (χ0n) is 7.05. The van der Waals surface area contributed by atoms with Crippen molar-refractivity contribution in [3.8, 4) is 0 Å². The molecule has 0 fully saturated rings. The Labute approximate surface area is 63.1 Å². The Morgan fingerprint density at radius 3 is 2.60 bits per heavy atom. The van der Waals surface area contributed by atoms with Gasteiger partial charge in [0.25, 0.3) is 0 Å². The van der Waals surface area contributed by atoms with Crippen molar-refractivity contribution < 1.29 is 4.74 Å². The van der Waals surface area contributed by atoms with Crippen LogP contribution in [0.25, 0.3) is 0 Å². The van der Waals surface area contributed by atoms with E-state index >= 15 is 0 Å². The third kappa shape index (κ3) is 5.79. The van der Waals surface area contributed by atoms with Gasteiger partial charge in [-0.1, -0.05) is 11.6 Å². The van der Waals surface area contributed by atoms with Crippen molar-refractivity contribution in [1.82, 2.24) is 0 Å². The molecule has 0 saturated carbocycles. The Bertz CT molecular complexity index is 106. The molecule has 0 spiro atoms. The Balaban J connectivity index is 3.28. The molecule has 0 aliphatic rings. The summed E-state index contributed by atoms with van der Waals surface area (Å²) in [6.07, 6.45) is 2.22. The molecule has 60 valence electrons. The lowest BCUT2D eigenvalue weighted by molar-refractivity contribution is 0.0944. The van der Waals surface area contributed by atoms with Crippen LogP contribution in [-0.4, -0.2) is 19.3 Å². The largest absolute Gasteiger partial charge is 0.373 e. The van der Waals surface area contributed by atoms with Gasteiger partial charge in [-0.15, -0.1) is 0 Å². The normalized spacial score (nSPS) is 12.8. The zero-order chi connectivity index (χ0) is 7.98. The van der Waals surface area contributed by atoms with E-state index in [1.807, 2.05) is 13.0 Å². The third-order valence-corrected chi connectivity index (χ3v) is 1.20. The minimum absolute atomic E-state index is 0.176. The minimum atomic E-state index is 0.176. The molecule has 0 bridgehead atoms. The maximum absolute atomic E-state index is 5.34. The van der Waals surface area contributed by atoms with E-state index in [1.165, 1.54) is 5.57 Å². The molecule has 1 unspecified atom stereocenters. The van der Waals surface area contributed by atoms with Gasteiger partial charge in [0, 0.05) is 6.54 Å². The molecule has 2 heteroatoms. The van der Waals surface area contributed by atoms with Crippen LogP contribution in [0.3, 0.4) is 0 Å². The maximum Gasteiger partial charge on any atom is 0.0673 e. The predicted octanol–water partition coefficient (Wildman–Crippen LogP) is 1.32. The molecular weight excluding hydrogens is 126 g/mol. The van der Waals surface area contributed by atoms with E-state index in [9.17, 15) is 0 Å². The average molecular weight is 143 g/mol. The number of nitrogens with two attached hydrogens (primary N) is 1. The van der Waals surface area contributed by atoms with Crippen LogP contribution in [0.15, 0.2) is 11.6 Å². The van der Waals surface area contributed by atoms with E-state index < -0.39 is 0 Å². The lowest BCUT2D eigenvalue weighted by Crippen LogP contribution is -2.19. The lowest BCUT2D eigenvalue weighted by atomic mass is 10.3. The van der Waals surface area contributed by atoms with E-state index in [1.54, 1.807) is 0 Å². The van der Waals surface area contributed by atoms with Crippen molar-refractivity contribution in [3.63, 3.8) is 0 Å². The van der Waals surface area contributed by atoms with Crippen LogP contribution in [0.1, 0.15) is 20.8 Å². The van der Waals surface area contributed by atoms with Gasteiger partial charge in [0.15, 0.2) is 0 Å². The number of rotatable bonds is 4. The topological polar surface area (TPSA) is 35.2 Å². The molecule has 0 aromatic rings. The molecule has 2 nitrogen and oxygen atoms in total. The van der Waals surface area contributed by atoms with Crippen LogP contribution in [0.5, 0.6) is 0 Å². The van der Waals surface area contributed by atoms with Gasteiger partial charge < -0.3 is 10.5 Å². The van der Waals surface area contributed by atoms with Crippen molar-refractivity contribution in [1.29, 1.82) is 0 Å². The summed E-state index contributed by atoms with van der Waals surface area (Å²) in [6.45, 7) is 7.35. The van der Waals surface area contributed by atoms with E-state index in [0.29, 0.717) is 13.2 Å². The fraction of sp³-hybridized carbons (Fsp3) is 0.750. The molecule has 0 radical (unpaired) electrons. The Hall–Kier alpha value is -0.340. The fourth-order valence-corrected chi connectivity index (χ4v) is 0.447. The lowest BCUT2D eigenvalue weighted by Gasteiger charge is -2.07. The molecular formula is C8H17NO. The molecule has 1 atom stereocenters. The Morgan fingerprint density at radius 2 is 2.20 bits per heavy atom. The standard InChI is InChI=1S/C8H17NO/c1-7(2)4-5-10-8(3)6-9/h4,8H,5-6,9H2,1-3H3. The minimum Gasteiger partial charge on any atom is -0.373 e. The molecule has 0 aromatic heterocycles. The zero-order valence-corrected chi connectivity index (χ0v) is 7.05. The maximum atomic E-state index is 5.34. The Kier molecular flexibility index (Phi) is 5.26. The summed E-state index contributed by atoms with van der Waals surface area (Å²) in [5, 5.41) is 0. The third-order valence-electron chi connectivity index (χ3n) is 1.20. The SMILES string of the molecule is CC(C)=CCOC(C)CN. The van der Waals surface area contributed by atoms with E-state index in [4.69, 9.17) is 10.5 Å². The summed E-state index contributed by atoms with van der Waals surface area (Å²) in [5.41, 5.74) is 6.62. The molecule has 0 amide bonds. The highest BCUT2D eigenvalue weighted by Gasteiger charge is 1.94. The fourth-order valence-electron chi connectivity index (χ4n) is 0.447. The number of allylic oxidation sites excluding steroid dienone is 1. The van der Waals surface area contributed by atoms with Crippen LogP contribution in [-0.2, 0) is 4.74 Å². The second kappa shape index (κ2) is 5.45. The highest BCUT2D eigenvalue weighted by atomic mass is 16.5. The molecule has 0 rings (SSSR count). The van der Waals surface area contributed by atoms with Gasteiger partial charge in [-0.25, -0.2) is 0 Å². The number of ether oxygens (including phenoxy) is 1. The van der Waals surface area contributed by atoms with Gasteiger partial charge >= 0.3 is 0 Å². The second-order valence-electron chi connectivity index (χ2n) is 2.66. The van der Waals surface area contributed by atoms with Gasteiger partial charge in [-0.3, -0.25) is 0 Å². The molecule has 0 saturated heterocycles. The van der Waals surface area contributed by atoms with Gasteiger partial charge in [0.1, 0.15) is 0 Å². The number of hydrogen-bond acceptors (Lipinski definition) is 2. The molecule has 2 N–H and O–H groups in total. The van der Waals surface area contributed by atoms with Crippen LogP contribution in [0.4, 0.5) is 0 Å². The first-order valence-electron chi connectivity index (χ1n) is 3.62. The molecule has 0 aliphatic carbocycles. The summed E-state index contributed by atoms with van der Waals surface area (Å²) in [4.78, 5) is 0. The summed E-state index contributed by atoms with van der Waals surface area (Å²) in [5.74, 6) is 0. The summed E-state index contributed by atoms with van der Waals surface area (Å²) >= 11 is 0. The van der Waals surface area contributed by atoms with E-state index in [-0.39, 0.29) is 6.10 Å². The van der Waals surface area contributed by atoms with Crippen LogP contribution < -0.4 is 5.73 Å². The summed E-state index contributed by atoms with van der Waals surface area (Å²) in [7, 11) is 0. The van der Waals surface area contributed by atoms with Crippen molar-refractivity contribution in [2.75, 3.05) is 13.2 Å². The van der Waals surface area contributed by atoms with Gasteiger partial charge in [-0.05, 0) is 20.8 Å². The highest BCUT2D eigenvalue weighted by Crippen LogP contribution is 1.91. The average Bonchev–Trinajstić information content (AvgIpc) is 1.87. The number of hydrogen-bond donors (Lipinski definition) is 1. The smallest absolute Gasteiger partial charge is 0.0673 e. The first kappa shape index (κ1) is 9.66. The predicted molar refractivity (Wildman–Crippen MR) is 43.9 cm³/mol. The Morgan fingerprint density at radius 1 is 1.60 bits per heavy atom. The van der Waals surface area contributed by atoms with Crippen molar-refractivity contribution in [2.45, 2.75) is 26.9 Å². The van der Waals surface area contributed by atoms with Gasteiger partial charge in [0.05, 0.1) is 12.7 Å². The van der Waals surface area contributed by atoms with E-state index in [0.717, 1.165) is 0 Å². The van der Waals surface area contributed by atoms with Gasteiger partial charge in [0.2, 0.25) is 0 Å². The molecule has 10 heavy (non-hydrogen) atoms. The first-order valence-corrected chi connectivity index (χ1v) is 3.62. The quantitative estimate of drug-likeness (QED) is 0.602. The summed E-state index contributed by atoms with van der Waals surface area (Å²) in [6, 6.07) is 0. The van der Waals surface area contributed by atoms with Crippen molar-refractivity contribution in [2.24, 2.45) is 5.73 Å².